The number of rotatable bonds is 8. The Labute approximate surface area is 185 Å². The van der Waals surface area contributed by atoms with Gasteiger partial charge in [-0.1, -0.05) is 20.3 Å². The molecule has 2 saturated heterocycles. The Morgan fingerprint density at radius 2 is 2.03 bits per heavy atom. The van der Waals surface area contributed by atoms with Gasteiger partial charge in [0, 0.05) is 30.2 Å². The van der Waals surface area contributed by atoms with Gasteiger partial charge in [-0.15, -0.1) is 11.3 Å². The van der Waals surface area contributed by atoms with E-state index in [-0.39, 0.29) is 12.0 Å². The number of amidine groups is 2. The minimum absolute atomic E-state index is 0.0970. The Morgan fingerprint density at radius 3 is 2.80 bits per heavy atom. The van der Waals surface area contributed by atoms with Crippen molar-refractivity contribution in [2.45, 2.75) is 91.1 Å². The lowest BCUT2D eigenvalue weighted by atomic mass is 10.0. The zero-order valence-electron chi connectivity index (χ0n) is 18.8. The number of Topliss-reactive ketones (excluding diaryl/α,β-unsaturated/α-hetero) is 1. The Morgan fingerprint density at radius 1 is 1.23 bits per heavy atom. The molecule has 3 rings (SSSR count). The lowest BCUT2D eigenvalue weighted by Crippen LogP contribution is -2.47. The maximum Gasteiger partial charge on any atom is 0.135 e. The Kier molecular flexibility index (Phi) is 8.17. The van der Waals surface area contributed by atoms with Gasteiger partial charge in [-0.3, -0.25) is 20.5 Å². The molecule has 30 heavy (non-hydrogen) atoms. The van der Waals surface area contributed by atoms with Gasteiger partial charge in [0.1, 0.15) is 22.5 Å². The summed E-state index contributed by atoms with van der Waals surface area (Å²) in [7, 11) is 0. The molecule has 0 saturated carbocycles. The third-order valence-electron chi connectivity index (χ3n) is 6.35. The predicted molar refractivity (Wildman–Crippen MR) is 124 cm³/mol. The molecular formula is C23H37N5OS. The first kappa shape index (κ1) is 23.1. The fourth-order valence-electron chi connectivity index (χ4n) is 4.46. The number of carbonyl (C=O) groups excluding carboxylic acids is 1. The molecule has 2 aliphatic rings. The van der Waals surface area contributed by atoms with E-state index in [1.165, 1.54) is 4.88 Å². The number of nitrogens with zero attached hydrogens (tertiary/aromatic N) is 3. The van der Waals surface area contributed by atoms with E-state index in [1.807, 2.05) is 18.7 Å². The van der Waals surface area contributed by atoms with Crippen molar-refractivity contribution in [3.8, 4) is 0 Å². The fourth-order valence-corrected chi connectivity index (χ4v) is 5.46. The molecule has 2 fully saturated rings. The molecule has 1 aromatic rings. The second kappa shape index (κ2) is 10.6. The van der Waals surface area contributed by atoms with Crippen LogP contribution < -0.4 is 0 Å². The second-order valence-corrected chi connectivity index (χ2v) is 10.3. The van der Waals surface area contributed by atoms with Crippen molar-refractivity contribution in [3.05, 3.63) is 15.6 Å². The smallest absolute Gasteiger partial charge is 0.135 e. The molecule has 0 radical (unpaired) electrons. The summed E-state index contributed by atoms with van der Waals surface area (Å²) in [5, 5.41) is 18.3. The molecule has 0 aliphatic carbocycles. The zero-order valence-corrected chi connectivity index (χ0v) is 19.6. The first-order valence-corrected chi connectivity index (χ1v) is 12.3. The molecule has 2 N–H and O–H groups in total. The van der Waals surface area contributed by atoms with E-state index in [0.717, 1.165) is 81.7 Å². The van der Waals surface area contributed by atoms with Crippen LogP contribution in [0.5, 0.6) is 0 Å². The molecule has 0 aromatic carbocycles. The van der Waals surface area contributed by atoms with Gasteiger partial charge in [0.05, 0.1) is 18.3 Å². The molecular weight excluding hydrogens is 394 g/mol. The first-order chi connectivity index (χ1) is 14.4. The number of hydrogen-bond donors (Lipinski definition) is 2. The first-order valence-electron chi connectivity index (χ1n) is 11.5. The molecule has 1 atom stereocenters. The topological polar surface area (TPSA) is 84.1 Å². The highest BCUT2D eigenvalue weighted by Gasteiger charge is 2.33. The van der Waals surface area contributed by atoms with Crippen LogP contribution in [-0.2, 0) is 17.8 Å². The molecule has 6 nitrogen and oxygen atoms in total. The van der Waals surface area contributed by atoms with Crippen LogP contribution in [0.25, 0.3) is 0 Å². The van der Waals surface area contributed by atoms with Gasteiger partial charge in [-0.25, -0.2) is 4.98 Å². The quantitative estimate of drug-likeness (QED) is 0.458. The number of nitrogens with one attached hydrogen (secondary N) is 2. The molecule has 1 aromatic heterocycles. The fraction of sp³-hybridized carbons (Fsp3) is 0.739. The average Bonchev–Trinajstić information content (AvgIpc) is 3.23. The summed E-state index contributed by atoms with van der Waals surface area (Å²) in [6.07, 6.45) is 8.57. The summed E-state index contributed by atoms with van der Waals surface area (Å²) in [4.78, 5) is 22.3. The molecule has 166 valence electrons. The summed E-state index contributed by atoms with van der Waals surface area (Å²) >= 11 is 1.76. The minimum Gasteiger partial charge on any atom is -0.318 e. The number of hydrogen-bond acceptors (Lipinski definition) is 6. The third-order valence-corrected chi connectivity index (χ3v) is 7.35. The molecule has 3 heterocycles. The van der Waals surface area contributed by atoms with E-state index in [2.05, 4.69) is 11.8 Å². The highest BCUT2D eigenvalue weighted by atomic mass is 32.1. The highest BCUT2D eigenvalue weighted by Crippen LogP contribution is 2.27. The lowest BCUT2D eigenvalue weighted by molar-refractivity contribution is -0.121. The SMILES string of the molecule is Cc1sc(CN2CCCC2C(=N)N2CCCCCC2=N)nc1CCCC(=O)C(C)C. The molecule has 0 amide bonds. The summed E-state index contributed by atoms with van der Waals surface area (Å²) in [5.41, 5.74) is 1.13. The van der Waals surface area contributed by atoms with Crippen LogP contribution in [0.1, 0.15) is 80.8 Å². The molecule has 0 spiro atoms. The van der Waals surface area contributed by atoms with Crippen molar-refractivity contribution in [3.63, 3.8) is 0 Å². The van der Waals surface area contributed by atoms with Crippen LogP contribution in [-0.4, -0.2) is 51.4 Å². The third kappa shape index (κ3) is 5.76. The average molecular weight is 432 g/mol. The summed E-state index contributed by atoms with van der Waals surface area (Å²) in [6.45, 7) is 8.65. The van der Waals surface area contributed by atoms with E-state index in [4.69, 9.17) is 15.8 Å². The predicted octanol–water partition coefficient (Wildman–Crippen LogP) is 4.79. The normalized spacial score (nSPS) is 20.7. The van der Waals surface area contributed by atoms with Crippen LogP contribution >= 0.6 is 11.3 Å². The van der Waals surface area contributed by atoms with Crippen LogP contribution in [0.2, 0.25) is 0 Å². The van der Waals surface area contributed by atoms with Gasteiger partial charge < -0.3 is 4.90 Å². The molecule has 7 heteroatoms. The van der Waals surface area contributed by atoms with Crippen molar-refractivity contribution < 1.29 is 4.79 Å². The maximum atomic E-state index is 11.9. The number of ketones is 1. The van der Waals surface area contributed by atoms with Crippen molar-refractivity contribution in [1.29, 1.82) is 10.8 Å². The summed E-state index contributed by atoms with van der Waals surface area (Å²) < 4.78 is 0. The van der Waals surface area contributed by atoms with Gasteiger partial charge in [-0.05, 0) is 52.0 Å². The lowest BCUT2D eigenvalue weighted by Gasteiger charge is -2.31. The largest absolute Gasteiger partial charge is 0.318 e. The van der Waals surface area contributed by atoms with Crippen LogP contribution in [0, 0.1) is 23.7 Å². The zero-order chi connectivity index (χ0) is 21.7. The van der Waals surface area contributed by atoms with E-state index >= 15 is 0 Å². The number of likely N-dealkylation sites (tertiary alicyclic amines) is 2. The number of aromatic nitrogens is 1. The highest BCUT2D eigenvalue weighted by molar-refractivity contribution is 7.11. The van der Waals surface area contributed by atoms with Crippen molar-refractivity contribution >= 4 is 28.8 Å². The van der Waals surface area contributed by atoms with E-state index in [9.17, 15) is 4.79 Å². The van der Waals surface area contributed by atoms with E-state index in [0.29, 0.717) is 23.9 Å². The van der Waals surface area contributed by atoms with Crippen molar-refractivity contribution in [2.75, 3.05) is 13.1 Å². The Hall–Kier alpha value is -1.60. The molecule has 1 unspecified atom stereocenters. The molecule has 0 bridgehead atoms. The van der Waals surface area contributed by atoms with Crippen LogP contribution in [0.3, 0.4) is 0 Å². The van der Waals surface area contributed by atoms with Gasteiger partial charge in [0.25, 0.3) is 0 Å². The Bertz CT molecular complexity index is 772. The van der Waals surface area contributed by atoms with Crippen molar-refractivity contribution in [1.82, 2.24) is 14.8 Å². The van der Waals surface area contributed by atoms with Crippen LogP contribution in [0.4, 0.5) is 0 Å². The van der Waals surface area contributed by atoms with Crippen LogP contribution in [0.15, 0.2) is 0 Å². The number of carbonyl (C=O) groups is 1. The van der Waals surface area contributed by atoms with Gasteiger partial charge >= 0.3 is 0 Å². The van der Waals surface area contributed by atoms with Crippen molar-refractivity contribution in [2.24, 2.45) is 5.92 Å². The maximum absolute atomic E-state index is 11.9. The van der Waals surface area contributed by atoms with Gasteiger partial charge in [0.15, 0.2) is 0 Å². The van der Waals surface area contributed by atoms with Gasteiger partial charge in [0.2, 0.25) is 0 Å². The van der Waals surface area contributed by atoms with E-state index in [1.54, 1.807) is 11.3 Å². The summed E-state index contributed by atoms with van der Waals surface area (Å²) in [5.74, 6) is 1.68. The second-order valence-electron chi connectivity index (χ2n) is 9.01. The number of aryl methyl sites for hydroxylation is 2. The standard InChI is InChI=1S/C23H37N5OS/c1-16(2)20(29)11-7-9-18-17(3)30-22(26-18)15-27-13-8-10-19(27)23(25)28-14-6-4-5-12-21(28)24/h16,19,24-25H,4-15H2,1-3H3. The monoisotopic (exact) mass is 431 g/mol. The minimum atomic E-state index is 0.0970. The summed E-state index contributed by atoms with van der Waals surface area (Å²) in [6, 6.07) is 0.0970. The van der Waals surface area contributed by atoms with Gasteiger partial charge in [-0.2, -0.15) is 0 Å². The Balaban J connectivity index is 1.59. The van der Waals surface area contributed by atoms with E-state index < -0.39 is 0 Å². The number of thiazole rings is 1. The molecule has 2 aliphatic heterocycles.